The number of nitrogens with one attached hydrogen (secondary N) is 1. The van der Waals surface area contributed by atoms with E-state index >= 15 is 0 Å². The highest BCUT2D eigenvalue weighted by atomic mass is 16.6. The third-order valence-electron chi connectivity index (χ3n) is 5.94. The van der Waals surface area contributed by atoms with E-state index in [-0.39, 0.29) is 29.9 Å². The Kier molecular flexibility index (Phi) is 8.34. The van der Waals surface area contributed by atoms with Crippen molar-refractivity contribution >= 4 is 11.6 Å². The van der Waals surface area contributed by atoms with Gasteiger partial charge in [0, 0.05) is 24.7 Å². The highest BCUT2D eigenvalue weighted by Crippen LogP contribution is 2.32. The molecule has 36 heavy (non-hydrogen) atoms. The standard InChI is InChI=1S/C29H30N2O5/c1-18(2)26-15-22(16-27-19(3)12-25(13-20(27)4)36-17-28(32)30-5)14-23(29(26)33)9-6-21-7-10-24(11-8-21)31(34)35/h7-8,10-15,18,33H,16-17H2,1-5H3,(H,30,32). The van der Waals surface area contributed by atoms with Crippen molar-refractivity contribution in [3.05, 3.63) is 97.6 Å². The topological polar surface area (TPSA) is 102 Å². The van der Waals surface area contributed by atoms with Crippen LogP contribution in [0.2, 0.25) is 0 Å². The van der Waals surface area contributed by atoms with E-state index in [0.29, 0.717) is 23.3 Å². The summed E-state index contributed by atoms with van der Waals surface area (Å²) in [5.74, 6) is 6.73. The molecule has 186 valence electrons. The highest BCUT2D eigenvalue weighted by Gasteiger charge is 2.15. The second-order valence-corrected chi connectivity index (χ2v) is 8.96. The van der Waals surface area contributed by atoms with Crippen LogP contribution in [0.1, 0.15) is 58.7 Å². The summed E-state index contributed by atoms with van der Waals surface area (Å²) in [4.78, 5) is 21.9. The van der Waals surface area contributed by atoms with Crippen molar-refractivity contribution < 1.29 is 19.6 Å². The van der Waals surface area contributed by atoms with Crippen LogP contribution in [-0.2, 0) is 11.2 Å². The van der Waals surface area contributed by atoms with Gasteiger partial charge < -0.3 is 15.2 Å². The Hall–Kier alpha value is -4.31. The number of carbonyl (C=O) groups is 1. The van der Waals surface area contributed by atoms with Crippen molar-refractivity contribution in [2.24, 2.45) is 0 Å². The molecule has 0 saturated heterocycles. The summed E-state index contributed by atoms with van der Waals surface area (Å²) < 4.78 is 5.60. The lowest BCUT2D eigenvalue weighted by molar-refractivity contribution is -0.384. The predicted molar refractivity (Wildman–Crippen MR) is 140 cm³/mol. The van der Waals surface area contributed by atoms with Gasteiger partial charge in [0.25, 0.3) is 11.6 Å². The van der Waals surface area contributed by atoms with Crippen LogP contribution in [-0.4, -0.2) is 29.6 Å². The summed E-state index contributed by atoms with van der Waals surface area (Å²) in [6, 6.07) is 13.7. The number of ether oxygens (including phenoxy) is 1. The number of benzene rings is 3. The summed E-state index contributed by atoms with van der Waals surface area (Å²) >= 11 is 0. The van der Waals surface area contributed by atoms with Crippen molar-refractivity contribution in [1.82, 2.24) is 5.32 Å². The molecule has 7 nitrogen and oxygen atoms in total. The van der Waals surface area contributed by atoms with E-state index in [2.05, 4.69) is 17.2 Å². The van der Waals surface area contributed by atoms with E-state index in [9.17, 15) is 20.0 Å². The molecule has 3 aromatic carbocycles. The molecule has 2 N–H and O–H groups in total. The Labute approximate surface area is 211 Å². The van der Waals surface area contributed by atoms with E-state index < -0.39 is 4.92 Å². The Bertz CT molecular complexity index is 1330. The highest BCUT2D eigenvalue weighted by molar-refractivity contribution is 5.77. The van der Waals surface area contributed by atoms with Crippen molar-refractivity contribution in [2.45, 2.75) is 40.0 Å². The number of phenolic OH excluding ortho intramolecular Hbond substituents is 1. The van der Waals surface area contributed by atoms with Crippen LogP contribution in [0.3, 0.4) is 0 Å². The van der Waals surface area contributed by atoms with E-state index in [4.69, 9.17) is 4.74 Å². The smallest absolute Gasteiger partial charge is 0.269 e. The van der Waals surface area contributed by atoms with Crippen molar-refractivity contribution in [2.75, 3.05) is 13.7 Å². The largest absolute Gasteiger partial charge is 0.506 e. The number of rotatable bonds is 7. The molecule has 3 aromatic rings. The van der Waals surface area contributed by atoms with Crippen molar-refractivity contribution in [3.8, 4) is 23.3 Å². The number of hydrogen-bond acceptors (Lipinski definition) is 5. The van der Waals surface area contributed by atoms with Crippen LogP contribution in [0.15, 0.2) is 48.5 Å². The monoisotopic (exact) mass is 486 g/mol. The van der Waals surface area contributed by atoms with Gasteiger partial charge in [-0.25, -0.2) is 0 Å². The first kappa shape index (κ1) is 26.3. The number of phenols is 1. The molecular weight excluding hydrogens is 456 g/mol. The summed E-state index contributed by atoms with van der Waals surface area (Å²) in [6.07, 6.45) is 0.638. The number of nitro benzene ring substituents is 1. The van der Waals surface area contributed by atoms with Gasteiger partial charge in [-0.2, -0.15) is 0 Å². The number of aromatic hydroxyl groups is 1. The van der Waals surface area contributed by atoms with Gasteiger partial charge in [0.2, 0.25) is 0 Å². The molecule has 0 radical (unpaired) electrons. The molecule has 0 spiro atoms. The molecule has 0 aliphatic carbocycles. The molecule has 0 unspecified atom stereocenters. The van der Waals surface area contributed by atoms with Gasteiger partial charge >= 0.3 is 0 Å². The number of amides is 1. The van der Waals surface area contributed by atoms with Crippen LogP contribution in [0.25, 0.3) is 0 Å². The minimum atomic E-state index is -0.452. The van der Waals surface area contributed by atoms with Crippen LogP contribution in [0.5, 0.6) is 11.5 Å². The predicted octanol–water partition coefficient (Wildman–Crippen LogP) is 5.16. The van der Waals surface area contributed by atoms with Crippen molar-refractivity contribution in [1.29, 1.82) is 0 Å². The zero-order chi connectivity index (χ0) is 26.4. The van der Waals surface area contributed by atoms with Gasteiger partial charge in [-0.1, -0.05) is 31.8 Å². The van der Waals surface area contributed by atoms with E-state index in [1.165, 1.54) is 12.1 Å². The molecule has 0 fully saturated rings. The van der Waals surface area contributed by atoms with Gasteiger partial charge in [-0.3, -0.25) is 14.9 Å². The van der Waals surface area contributed by atoms with Gasteiger partial charge in [0.1, 0.15) is 11.5 Å². The van der Waals surface area contributed by atoms with E-state index in [0.717, 1.165) is 27.8 Å². The minimum absolute atomic E-state index is 0.00303. The lowest BCUT2D eigenvalue weighted by atomic mass is 9.91. The second kappa shape index (κ2) is 11.4. The molecule has 0 aromatic heterocycles. The average Bonchev–Trinajstić information content (AvgIpc) is 2.84. The minimum Gasteiger partial charge on any atom is -0.506 e. The first-order valence-corrected chi connectivity index (χ1v) is 11.6. The number of carbonyl (C=O) groups excluding carboxylic acids is 1. The molecule has 0 heterocycles. The van der Waals surface area contributed by atoms with Crippen LogP contribution >= 0.6 is 0 Å². The Morgan fingerprint density at radius 1 is 1.08 bits per heavy atom. The number of nitrogens with zero attached hydrogens (tertiary/aromatic N) is 1. The molecule has 0 bridgehead atoms. The second-order valence-electron chi connectivity index (χ2n) is 8.96. The van der Waals surface area contributed by atoms with Gasteiger partial charge in [0.15, 0.2) is 6.61 Å². The van der Waals surface area contributed by atoms with E-state index in [1.54, 1.807) is 19.2 Å². The lowest BCUT2D eigenvalue weighted by Crippen LogP contribution is -2.24. The Balaban J connectivity index is 1.93. The van der Waals surface area contributed by atoms with E-state index in [1.807, 2.05) is 52.0 Å². The lowest BCUT2D eigenvalue weighted by Gasteiger charge is -2.16. The first-order valence-electron chi connectivity index (χ1n) is 11.6. The zero-order valence-corrected chi connectivity index (χ0v) is 21.1. The van der Waals surface area contributed by atoms with Crippen LogP contribution in [0.4, 0.5) is 5.69 Å². The normalized spacial score (nSPS) is 10.5. The first-order chi connectivity index (χ1) is 17.1. The molecule has 7 heteroatoms. The maximum absolute atomic E-state index is 11.5. The molecule has 0 aliphatic heterocycles. The third kappa shape index (κ3) is 6.42. The Morgan fingerprint density at radius 2 is 1.72 bits per heavy atom. The van der Waals surface area contributed by atoms with Gasteiger partial charge in [0.05, 0.1) is 10.5 Å². The maximum Gasteiger partial charge on any atom is 0.269 e. The molecule has 0 atom stereocenters. The fourth-order valence-corrected chi connectivity index (χ4v) is 3.90. The number of non-ortho nitro benzene ring substituents is 1. The fourth-order valence-electron chi connectivity index (χ4n) is 3.90. The summed E-state index contributed by atoms with van der Waals surface area (Å²) in [6.45, 7) is 8.01. The quantitative estimate of drug-likeness (QED) is 0.273. The Morgan fingerprint density at radius 3 is 2.28 bits per heavy atom. The summed E-state index contributed by atoms with van der Waals surface area (Å²) in [7, 11) is 1.57. The van der Waals surface area contributed by atoms with Gasteiger partial charge in [-0.15, -0.1) is 0 Å². The van der Waals surface area contributed by atoms with Gasteiger partial charge in [-0.05, 0) is 84.3 Å². The number of nitro groups is 1. The molecule has 1 amide bonds. The van der Waals surface area contributed by atoms with Crippen molar-refractivity contribution in [3.63, 3.8) is 0 Å². The van der Waals surface area contributed by atoms with Crippen LogP contribution < -0.4 is 10.1 Å². The SMILES string of the molecule is CNC(=O)COc1cc(C)c(Cc2cc(C#Cc3ccc([N+](=O)[O-])cc3)c(O)c(C(C)C)c2)c(C)c1. The number of likely N-dealkylation sites (N-methyl/N-ethyl adjacent to an activating group) is 1. The summed E-state index contributed by atoms with van der Waals surface area (Å²) in [5.41, 5.74) is 6.17. The molecule has 3 rings (SSSR count). The summed E-state index contributed by atoms with van der Waals surface area (Å²) in [5, 5.41) is 24.3. The van der Waals surface area contributed by atoms with Crippen LogP contribution in [0, 0.1) is 35.8 Å². The molecular formula is C29H30N2O5. The number of hydrogen-bond donors (Lipinski definition) is 2. The zero-order valence-electron chi connectivity index (χ0n) is 21.1. The maximum atomic E-state index is 11.5. The third-order valence-corrected chi connectivity index (χ3v) is 5.94. The molecule has 0 saturated carbocycles. The average molecular weight is 487 g/mol. The number of aryl methyl sites for hydroxylation is 2. The molecule has 0 aliphatic rings. The fraction of sp³-hybridized carbons (Fsp3) is 0.276.